The maximum absolute atomic E-state index is 5.45. The van der Waals surface area contributed by atoms with Crippen molar-refractivity contribution < 1.29 is 19.7 Å². The van der Waals surface area contributed by atoms with E-state index in [1.807, 2.05) is 6.07 Å². The summed E-state index contributed by atoms with van der Waals surface area (Å²) < 4.78 is 10.8. The van der Waals surface area contributed by atoms with Crippen LogP contribution in [0.2, 0.25) is 0 Å². The normalized spacial score (nSPS) is 26.9. The molecule has 0 spiro atoms. The second-order valence-corrected chi connectivity index (χ2v) is 8.80. The quantitative estimate of drug-likeness (QED) is 0.668. The number of quaternary nitrogens is 2. The van der Waals surface area contributed by atoms with Crippen LogP contribution in [0.4, 0.5) is 0 Å². The van der Waals surface area contributed by atoms with Crippen LogP contribution in [-0.2, 0) is 12.0 Å². The smallest absolute Gasteiger partial charge is 0.161 e. The van der Waals surface area contributed by atoms with Gasteiger partial charge in [0.2, 0.25) is 0 Å². The minimum atomic E-state index is 0.272. The van der Waals surface area contributed by atoms with Gasteiger partial charge < -0.3 is 19.7 Å². The summed E-state index contributed by atoms with van der Waals surface area (Å²) in [6, 6.07) is 18.1. The van der Waals surface area contributed by atoms with E-state index in [9.17, 15) is 0 Å². The topological polar surface area (TPSA) is 39.5 Å². The molecule has 0 aromatic heterocycles. The van der Waals surface area contributed by atoms with E-state index in [0.29, 0.717) is 12.0 Å². The first-order chi connectivity index (χ1) is 14.0. The number of benzene rings is 2. The molecule has 0 amide bonds. The predicted molar refractivity (Wildman–Crippen MR) is 118 cm³/mol. The first-order valence-corrected chi connectivity index (χ1v) is 10.9. The highest BCUT2D eigenvalue weighted by atomic mass is 16.5. The first-order valence-electron chi connectivity index (χ1n) is 10.9. The Hall–Kier alpha value is -2.04. The van der Waals surface area contributed by atoms with Crippen molar-refractivity contribution in [3.8, 4) is 11.5 Å². The van der Waals surface area contributed by atoms with E-state index >= 15 is 0 Å². The van der Waals surface area contributed by atoms with Crippen LogP contribution in [0.5, 0.6) is 11.5 Å². The summed E-state index contributed by atoms with van der Waals surface area (Å²) in [5.41, 5.74) is 3.06. The number of rotatable bonds is 8. The Balaban J connectivity index is 1.69. The van der Waals surface area contributed by atoms with Crippen LogP contribution >= 0.6 is 0 Å². The molecular formula is C25H38N2O2+2. The van der Waals surface area contributed by atoms with Crippen LogP contribution in [0.25, 0.3) is 0 Å². The van der Waals surface area contributed by atoms with Gasteiger partial charge in [-0.05, 0) is 30.7 Å². The average Bonchev–Trinajstić information content (AvgIpc) is 2.75. The van der Waals surface area contributed by atoms with Crippen molar-refractivity contribution in [1.82, 2.24) is 0 Å². The van der Waals surface area contributed by atoms with Crippen molar-refractivity contribution in [1.29, 1.82) is 0 Å². The molecule has 4 nitrogen and oxygen atoms in total. The van der Waals surface area contributed by atoms with Gasteiger partial charge in [-0.3, -0.25) is 0 Å². The van der Waals surface area contributed by atoms with E-state index in [2.05, 4.69) is 68.7 Å². The van der Waals surface area contributed by atoms with Crippen molar-refractivity contribution in [3.05, 3.63) is 59.7 Å². The van der Waals surface area contributed by atoms with Gasteiger partial charge in [0, 0.05) is 29.7 Å². The molecule has 4 atom stereocenters. The Morgan fingerprint density at radius 1 is 1.03 bits per heavy atom. The zero-order valence-electron chi connectivity index (χ0n) is 18.7. The molecule has 4 heteroatoms. The Morgan fingerprint density at radius 3 is 2.45 bits per heavy atom. The molecule has 158 valence electrons. The van der Waals surface area contributed by atoms with Crippen molar-refractivity contribution >= 4 is 0 Å². The van der Waals surface area contributed by atoms with E-state index in [1.54, 1.807) is 19.1 Å². The molecule has 29 heavy (non-hydrogen) atoms. The summed E-state index contributed by atoms with van der Waals surface area (Å²) in [5, 5.41) is 2.44. The molecule has 2 aromatic rings. The number of hydrogen-bond donors (Lipinski definition) is 2. The van der Waals surface area contributed by atoms with Crippen LogP contribution in [-0.4, -0.2) is 40.4 Å². The summed E-state index contributed by atoms with van der Waals surface area (Å²) in [5.74, 6) is 2.27. The molecular weight excluding hydrogens is 360 g/mol. The van der Waals surface area contributed by atoms with Gasteiger partial charge in [0.05, 0.1) is 40.4 Å². The summed E-state index contributed by atoms with van der Waals surface area (Å²) in [7, 11) is 5.72. The molecule has 1 heterocycles. The monoisotopic (exact) mass is 398 g/mol. The molecule has 3 N–H and O–H groups in total. The maximum Gasteiger partial charge on any atom is 0.161 e. The van der Waals surface area contributed by atoms with Crippen LogP contribution in [0.3, 0.4) is 0 Å². The first kappa shape index (κ1) is 21.7. The van der Waals surface area contributed by atoms with Gasteiger partial charge in [-0.1, -0.05) is 37.3 Å². The number of hydrogen-bond acceptors (Lipinski definition) is 2. The van der Waals surface area contributed by atoms with Gasteiger partial charge in [-0.25, -0.2) is 0 Å². The molecule has 0 radical (unpaired) electrons. The molecule has 1 unspecified atom stereocenters. The summed E-state index contributed by atoms with van der Waals surface area (Å²) in [6.07, 6.45) is 2.47. The van der Waals surface area contributed by atoms with Crippen LogP contribution in [0, 0.1) is 5.92 Å². The molecule has 1 saturated heterocycles. The third-order valence-electron chi connectivity index (χ3n) is 7.05. The largest absolute Gasteiger partial charge is 0.493 e. The van der Waals surface area contributed by atoms with E-state index < -0.39 is 0 Å². The van der Waals surface area contributed by atoms with Crippen molar-refractivity contribution in [2.45, 2.75) is 44.7 Å². The number of nitrogens with one attached hydrogen (secondary N) is 1. The number of nitrogens with two attached hydrogens (primary N) is 1. The highest BCUT2D eigenvalue weighted by Crippen LogP contribution is 2.40. The fourth-order valence-electron chi connectivity index (χ4n) is 5.10. The van der Waals surface area contributed by atoms with Gasteiger partial charge in [0.25, 0.3) is 0 Å². The van der Waals surface area contributed by atoms with Gasteiger partial charge in [-0.15, -0.1) is 0 Å². The molecule has 1 fully saturated rings. The molecule has 2 aromatic carbocycles. The minimum Gasteiger partial charge on any atom is -0.493 e. The summed E-state index contributed by atoms with van der Waals surface area (Å²) in [6.45, 7) is 8.19. The highest BCUT2D eigenvalue weighted by molar-refractivity contribution is 5.42. The number of likely N-dealkylation sites (tertiary alicyclic amines) is 1. The van der Waals surface area contributed by atoms with Gasteiger partial charge in [0.15, 0.2) is 11.5 Å². The Bertz CT molecular complexity index is 780. The SMILES string of the molecule is COc1ccc(C[NH2+]CC[C@]2(c3ccccc3)C[C@H](C)[NH+](C)C[C@H]2C)cc1OC. The fourth-order valence-corrected chi connectivity index (χ4v) is 5.10. The molecule has 0 aliphatic carbocycles. The second kappa shape index (κ2) is 9.64. The van der Waals surface area contributed by atoms with Crippen LogP contribution in [0.15, 0.2) is 48.5 Å². The zero-order chi connectivity index (χ0) is 20.9. The number of piperidine rings is 1. The average molecular weight is 399 g/mol. The third kappa shape index (κ3) is 4.76. The third-order valence-corrected chi connectivity index (χ3v) is 7.05. The minimum absolute atomic E-state index is 0.272. The van der Waals surface area contributed by atoms with Gasteiger partial charge in [0.1, 0.15) is 6.54 Å². The number of methoxy groups -OCH3 is 2. The van der Waals surface area contributed by atoms with E-state index in [1.165, 1.54) is 30.5 Å². The lowest BCUT2D eigenvalue weighted by Crippen LogP contribution is -3.15. The van der Waals surface area contributed by atoms with Gasteiger partial charge in [-0.2, -0.15) is 0 Å². The van der Waals surface area contributed by atoms with Gasteiger partial charge >= 0.3 is 0 Å². The van der Waals surface area contributed by atoms with Crippen molar-refractivity contribution in [3.63, 3.8) is 0 Å². The lowest BCUT2D eigenvalue weighted by molar-refractivity contribution is -0.915. The van der Waals surface area contributed by atoms with Crippen LogP contribution in [0.1, 0.15) is 37.8 Å². The van der Waals surface area contributed by atoms with E-state index in [4.69, 9.17) is 9.47 Å². The second-order valence-electron chi connectivity index (χ2n) is 8.80. The summed E-state index contributed by atoms with van der Waals surface area (Å²) >= 11 is 0. The van der Waals surface area contributed by atoms with E-state index in [0.717, 1.165) is 24.6 Å². The standard InChI is InChI=1S/C25H36N2O2/c1-19-18-27(3)20(2)16-25(19,22-9-7-6-8-10-22)13-14-26-17-21-11-12-23(28-4)24(15-21)29-5/h6-12,15,19-20,26H,13-14,16-18H2,1-5H3/p+2/t19-,20+,25+/m1/s1. The molecule has 0 saturated carbocycles. The summed E-state index contributed by atoms with van der Waals surface area (Å²) in [4.78, 5) is 1.67. The van der Waals surface area contributed by atoms with E-state index in [-0.39, 0.29) is 5.41 Å². The zero-order valence-corrected chi connectivity index (χ0v) is 18.7. The molecule has 0 bridgehead atoms. The molecule has 1 aliphatic rings. The van der Waals surface area contributed by atoms with Crippen LogP contribution < -0.4 is 19.7 Å². The Morgan fingerprint density at radius 2 is 1.76 bits per heavy atom. The number of ether oxygens (including phenoxy) is 2. The Labute approximate surface area is 176 Å². The van der Waals surface area contributed by atoms with Crippen molar-refractivity contribution in [2.75, 3.05) is 34.4 Å². The lowest BCUT2D eigenvalue weighted by Gasteiger charge is -2.47. The predicted octanol–water partition coefficient (Wildman–Crippen LogP) is 2.04. The molecule has 3 rings (SSSR count). The molecule has 1 aliphatic heterocycles. The maximum atomic E-state index is 5.45. The fraction of sp³-hybridized carbons (Fsp3) is 0.520. The van der Waals surface area contributed by atoms with Crippen molar-refractivity contribution in [2.24, 2.45) is 5.92 Å². The Kier molecular flexibility index (Phi) is 7.20. The lowest BCUT2D eigenvalue weighted by atomic mass is 9.63. The highest BCUT2D eigenvalue weighted by Gasteiger charge is 2.46.